The molecule has 0 saturated heterocycles. The summed E-state index contributed by atoms with van der Waals surface area (Å²) in [6.45, 7) is 4.09. The van der Waals surface area contributed by atoms with Crippen molar-refractivity contribution in [3.05, 3.63) is 30.1 Å². The van der Waals surface area contributed by atoms with Gasteiger partial charge in [-0.05, 0) is 31.9 Å². The molecule has 114 valence electrons. The average Bonchev–Trinajstić information content (AvgIpc) is 2.83. The van der Waals surface area contributed by atoms with Gasteiger partial charge in [0, 0.05) is 12.6 Å². The first-order valence-electron chi connectivity index (χ1n) is 8.56. The van der Waals surface area contributed by atoms with Crippen molar-refractivity contribution in [1.29, 1.82) is 0 Å². The Kier molecular flexibility index (Phi) is 4.91. The SMILES string of the molecule is CCn1c(CNC2CCCCCCC2)nc2ccccc21. The lowest BCUT2D eigenvalue weighted by molar-refractivity contribution is 0.383. The van der Waals surface area contributed by atoms with Crippen molar-refractivity contribution in [2.24, 2.45) is 0 Å². The molecule has 1 aliphatic carbocycles. The van der Waals surface area contributed by atoms with E-state index in [0.717, 1.165) is 18.6 Å². The number of rotatable bonds is 4. The van der Waals surface area contributed by atoms with Crippen LogP contribution in [-0.4, -0.2) is 15.6 Å². The minimum atomic E-state index is 0.676. The summed E-state index contributed by atoms with van der Waals surface area (Å²) in [7, 11) is 0. The predicted molar refractivity (Wildman–Crippen MR) is 88.4 cm³/mol. The normalized spacial score (nSPS) is 17.8. The molecule has 21 heavy (non-hydrogen) atoms. The molecule has 1 aromatic heterocycles. The van der Waals surface area contributed by atoms with Crippen LogP contribution in [0.1, 0.15) is 57.7 Å². The van der Waals surface area contributed by atoms with Crippen LogP contribution in [0.2, 0.25) is 0 Å². The number of hydrogen-bond acceptors (Lipinski definition) is 2. The summed E-state index contributed by atoms with van der Waals surface area (Å²) in [5.74, 6) is 1.18. The van der Waals surface area contributed by atoms with Crippen LogP contribution < -0.4 is 5.32 Å². The van der Waals surface area contributed by atoms with Crippen LogP contribution >= 0.6 is 0 Å². The number of nitrogens with zero attached hydrogens (tertiary/aromatic N) is 2. The van der Waals surface area contributed by atoms with Crippen LogP contribution in [0.15, 0.2) is 24.3 Å². The van der Waals surface area contributed by atoms with Crippen molar-refractivity contribution >= 4 is 11.0 Å². The predicted octanol–water partition coefficient (Wildman–Crippen LogP) is 4.26. The molecule has 3 rings (SSSR count). The fourth-order valence-corrected chi connectivity index (χ4v) is 3.51. The molecule has 1 aromatic carbocycles. The van der Waals surface area contributed by atoms with Gasteiger partial charge < -0.3 is 9.88 Å². The Morgan fingerprint density at radius 1 is 1.10 bits per heavy atom. The summed E-state index contributed by atoms with van der Waals surface area (Å²) in [6, 6.07) is 9.13. The van der Waals surface area contributed by atoms with Crippen molar-refractivity contribution in [2.45, 2.75) is 71.0 Å². The Morgan fingerprint density at radius 2 is 1.81 bits per heavy atom. The van der Waals surface area contributed by atoms with E-state index >= 15 is 0 Å². The van der Waals surface area contributed by atoms with Gasteiger partial charge in [-0.2, -0.15) is 0 Å². The van der Waals surface area contributed by atoms with Gasteiger partial charge in [-0.15, -0.1) is 0 Å². The van der Waals surface area contributed by atoms with Crippen molar-refractivity contribution in [3.63, 3.8) is 0 Å². The molecule has 0 atom stereocenters. The molecular weight excluding hydrogens is 258 g/mol. The third-order valence-corrected chi connectivity index (χ3v) is 4.70. The van der Waals surface area contributed by atoms with Gasteiger partial charge in [-0.25, -0.2) is 4.98 Å². The topological polar surface area (TPSA) is 29.9 Å². The second-order valence-electron chi connectivity index (χ2n) is 6.18. The lowest BCUT2D eigenvalue weighted by Crippen LogP contribution is -2.30. The third-order valence-electron chi connectivity index (χ3n) is 4.70. The molecule has 1 N–H and O–H groups in total. The van der Waals surface area contributed by atoms with E-state index in [1.807, 2.05) is 0 Å². The second-order valence-corrected chi connectivity index (χ2v) is 6.18. The van der Waals surface area contributed by atoms with E-state index in [1.165, 1.54) is 56.3 Å². The van der Waals surface area contributed by atoms with Gasteiger partial charge in [0.25, 0.3) is 0 Å². The molecular formula is C18H27N3. The number of hydrogen-bond donors (Lipinski definition) is 1. The van der Waals surface area contributed by atoms with Gasteiger partial charge in [0.15, 0.2) is 0 Å². The van der Waals surface area contributed by atoms with Gasteiger partial charge in [-0.1, -0.05) is 44.2 Å². The first kappa shape index (κ1) is 14.6. The fourth-order valence-electron chi connectivity index (χ4n) is 3.51. The number of fused-ring (bicyclic) bond motifs is 1. The monoisotopic (exact) mass is 285 g/mol. The van der Waals surface area contributed by atoms with E-state index in [1.54, 1.807) is 0 Å². The maximum Gasteiger partial charge on any atom is 0.123 e. The van der Waals surface area contributed by atoms with Crippen molar-refractivity contribution in [3.8, 4) is 0 Å². The molecule has 0 amide bonds. The van der Waals surface area contributed by atoms with Gasteiger partial charge in [0.05, 0.1) is 17.6 Å². The van der Waals surface area contributed by atoms with E-state index in [0.29, 0.717) is 6.04 Å². The molecule has 0 spiro atoms. The molecule has 3 nitrogen and oxygen atoms in total. The van der Waals surface area contributed by atoms with Crippen LogP contribution in [0.25, 0.3) is 11.0 Å². The van der Waals surface area contributed by atoms with Crippen LogP contribution in [0.4, 0.5) is 0 Å². The summed E-state index contributed by atoms with van der Waals surface area (Å²) in [6.07, 6.45) is 9.65. The lowest BCUT2D eigenvalue weighted by Gasteiger charge is -2.21. The third kappa shape index (κ3) is 3.46. The zero-order chi connectivity index (χ0) is 14.5. The lowest BCUT2D eigenvalue weighted by atomic mass is 9.97. The Hall–Kier alpha value is -1.35. The van der Waals surface area contributed by atoms with E-state index in [2.05, 4.69) is 41.1 Å². The summed E-state index contributed by atoms with van der Waals surface area (Å²) in [5, 5.41) is 3.76. The average molecular weight is 285 g/mol. The summed E-state index contributed by atoms with van der Waals surface area (Å²) in [5.41, 5.74) is 2.38. The molecule has 1 fully saturated rings. The smallest absolute Gasteiger partial charge is 0.123 e. The molecule has 0 unspecified atom stereocenters. The quantitative estimate of drug-likeness (QED) is 0.909. The molecule has 3 heteroatoms. The van der Waals surface area contributed by atoms with Crippen molar-refractivity contribution in [2.75, 3.05) is 0 Å². The van der Waals surface area contributed by atoms with E-state index in [-0.39, 0.29) is 0 Å². The minimum absolute atomic E-state index is 0.676. The minimum Gasteiger partial charge on any atom is -0.327 e. The Morgan fingerprint density at radius 3 is 2.57 bits per heavy atom. The van der Waals surface area contributed by atoms with Crippen LogP contribution in [0, 0.1) is 0 Å². The number of aryl methyl sites for hydroxylation is 1. The van der Waals surface area contributed by atoms with Crippen LogP contribution in [-0.2, 0) is 13.1 Å². The summed E-state index contributed by atoms with van der Waals surface area (Å²) >= 11 is 0. The Labute approximate surface area is 127 Å². The van der Waals surface area contributed by atoms with E-state index < -0.39 is 0 Å². The zero-order valence-electron chi connectivity index (χ0n) is 13.1. The molecule has 1 saturated carbocycles. The first-order chi connectivity index (χ1) is 10.4. The molecule has 0 radical (unpaired) electrons. The molecule has 2 aromatic rings. The fraction of sp³-hybridized carbons (Fsp3) is 0.611. The van der Waals surface area contributed by atoms with Crippen LogP contribution in [0.3, 0.4) is 0 Å². The standard InChI is InChI=1S/C18H27N3/c1-2-21-17-13-9-8-12-16(17)20-18(21)14-19-15-10-6-4-3-5-7-11-15/h8-9,12-13,15,19H,2-7,10-11,14H2,1H3. The maximum absolute atomic E-state index is 4.81. The number of benzene rings is 1. The number of imidazole rings is 1. The molecule has 0 bridgehead atoms. The zero-order valence-corrected chi connectivity index (χ0v) is 13.1. The highest BCUT2D eigenvalue weighted by Crippen LogP contribution is 2.19. The van der Waals surface area contributed by atoms with E-state index in [9.17, 15) is 0 Å². The number of aromatic nitrogens is 2. The summed E-state index contributed by atoms with van der Waals surface area (Å²) in [4.78, 5) is 4.81. The highest BCUT2D eigenvalue weighted by Gasteiger charge is 2.13. The summed E-state index contributed by atoms with van der Waals surface area (Å²) < 4.78 is 2.34. The number of nitrogens with one attached hydrogen (secondary N) is 1. The molecule has 1 aliphatic rings. The van der Waals surface area contributed by atoms with Gasteiger partial charge >= 0.3 is 0 Å². The van der Waals surface area contributed by atoms with Gasteiger partial charge in [-0.3, -0.25) is 0 Å². The van der Waals surface area contributed by atoms with Gasteiger partial charge in [0.1, 0.15) is 5.82 Å². The van der Waals surface area contributed by atoms with Crippen LogP contribution in [0.5, 0.6) is 0 Å². The van der Waals surface area contributed by atoms with Crippen molar-refractivity contribution in [1.82, 2.24) is 14.9 Å². The Balaban J connectivity index is 1.69. The van der Waals surface area contributed by atoms with E-state index in [4.69, 9.17) is 4.98 Å². The molecule has 1 heterocycles. The first-order valence-corrected chi connectivity index (χ1v) is 8.56. The highest BCUT2D eigenvalue weighted by molar-refractivity contribution is 5.75. The Bertz CT molecular complexity index is 565. The number of para-hydroxylation sites is 2. The molecule has 0 aliphatic heterocycles. The second kappa shape index (κ2) is 7.08. The maximum atomic E-state index is 4.81. The van der Waals surface area contributed by atoms with Gasteiger partial charge in [0.2, 0.25) is 0 Å². The highest BCUT2D eigenvalue weighted by atomic mass is 15.1. The largest absolute Gasteiger partial charge is 0.327 e. The van der Waals surface area contributed by atoms with Crippen molar-refractivity contribution < 1.29 is 0 Å².